The number of aromatic nitrogens is 4. The Morgan fingerprint density at radius 1 is 1.02 bits per heavy atom. The fourth-order valence-corrected chi connectivity index (χ4v) is 3.53. The van der Waals surface area contributed by atoms with Gasteiger partial charge in [-0.3, -0.25) is 19.3 Å². The highest BCUT2D eigenvalue weighted by Crippen LogP contribution is 2.29. The van der Waals surface area contributed by atoms with Crippen molar-refractivity contribution < 1.29 is 40.7 Å². The van der Waals surface area contributed by atoms with Crippen LogP contribution in [0.2, 0.25) is 0 Å². The van der Waals surface area contributed by atoms with Crippen molar-refractivity contribution in [2.24, 2.45) is 11.6 Å². The molecule has 0 radical (unpaired) electrons. The van der Waals surface area contributed by atoms with Crippen molar-refractivity contribution in [1.29, 1.82) is 0 Å². The number of unbranched alkanes of at least 4 members (excludes halogenated alkanes) is 1. The van der Waals surface area contributed by atoms with Crippen LogP contribution in [-0.4, -0.2) is 49.7 Å². The zero-order valence-corrected chi connectivity index (χ0v) is 22.3. The molecule has 0 fully saturated rings. The van der Waals surface area contributed by atoms with Crippen molar-refractivity contribution in [3.8, 4) is 5.75 Å². The van der Waals surface area contributed by atoms with E-state index in [-0.39, 0.29) is 36.6 Å². The Kier molecular flexibility index (Phi) is 10.9. The fourth-order valence-electron chi connectivity index (χ4n) is 3.53. The molecule has 2 heterocycles. The number of benzene rings is 1. The van der Waals surface area contributed by atoms with E-state index in [0.717, 1.165) is 18.2 Å². The molecule has 0 spiro atoms. The average molecular weight is 616 g/mol. The van der Waals surface area contributed by atoms with Gasteiger partial charge in [0.2, 0.25) is 0 Å². The molecule has 1 aromatic carbocycles. The molecule has 43 heavy (non-hydrogen) atoms. The van der Waals surface area contributed by atoms with E-state index < -0.39 is 35.7 Å². The van der Waals surface area contributed by atoms with Gasteiger partial charge in [-0.15, -0.1) is 18.3 Å². The highest BCUT2D eigenvalue weighted by Gasteiger charge is 2.31. The van der Waals surface area contributed by atoms with Crippen LogP contribution in [0, 0.1) is 0 Å². The third kappa shape index (κ3) is 11.1. The van der Waals surface area contributed by atoms with Crippen LogP contribution in [0.15, 0.2) is 60.8 Å². The SMILES string of the molecule is N/C(=C\N(N)CCCCn1cc(C(=O)NCc2cncc(C(F)(F)F)c2)nn1)C(=O)NCc1cccc(OC(F)(F)F)c1. The minimum absolute atomic E-state index is 0.0262. The summed E-state index contributed by atoms with van der Waals surface area (Å²) in [4.78, 5) is 28.1. The molecule has 0 unspecified atom stereocenters. The summed E-state index contributed by atoms with van der Waals surface area (Å²) in [5.74, 6) is 4.12. The number of aryl methyl sites for hydroxylation is 1. The Labute approximate surface area is 240 Å². The maximum atomic E-state index is 12.8. The van der Waals surface area contributed by atoms with Gasteiger partial charge in [-0.05, 0) is 42.2 Å². The standard InChI is InChI=1S/C25H27F6N9O3/c26-24(27,28)18-8-17(10-34-13-18)12-36-23(42)21-15-40(38-37-21)7-2-1-6-39(33)14-20(32)22(41)35-11-16-4-3-5-19(9-16)43-25(29,30)31/h3-5,8-10,13-15H,1-2,6-7,11-12,32-33H2,(H,35,41)(H,36,42)/b20-14-. The summed E-state index contributed by atoms with van der Waals surface area (Å²) in [7, 11) is 0. The second-order valence-electron chi connectivity index (χ2n) is 9.04. The maximum Gasteiger partial charge on any atom is 0.573 e. The monoisotopic (exact) mass is 615 g/mol. The number of halogens is 6. The van der Waals surface area contributed by atoms with Crippen LogP contribution in [0.4, 0.5) is 26.3 Å². The largest absolute Gasteiger partial charge is 0.573 e. The average Bonchev–Trinajstić information content (AvgIpc) is 3.41. The molecular formula is C25H27F6N9O3. The van der Waals surface area contributed by atoms with E-state index in [1.165, 1.54) is 40.4 Å². The molecule has 232 valence electrons. The van der Waals surface area contributed by atoms with Gasteiger partial charge in [-0.2, -0.15) is 13.2 Å². The van der Waals surface area contributed by atoms with Crippen LogP contribution in [-0.2, 0) is 30.6 Å². The Balaban J connectivity index is 1.37. The number of nitrogens with zero attached hydrogens (tertiary/aromatic N) is 5. The first kappa shape index (κ1) is 32.6. The highest BCUT2D eigenvalue weighted by atomic mass is 19.4. The van der Waals surface area contributed by atoms with Crippen LogP contribution in [0.3, 0.4) is 0 Å². The van der Waals surface area contributed by atoms with E-state index in [1.54, 1.807) is 0 Å². The van der Waals surface area contributed by atoms with Crippen LogP contribution in [0.25, 0.3) is 0 Å². The molecule has 0 aliphatic carbocycles. The van der Waals surface area contributed by atoms with Crippen LogP contribution in [0.1, 0.15) is 40.0 Å². The molecule has 0 atom stereocenters. The molecule has 0 aliphatic heterocycles. The Hall–Kier alpha value is -4.87. The number of pyridine rings is 1. The third-order valence-electron chi connectivity index (χ3n) is 5.55. The molecule has 18 heteroatoms. The zero-order valence-electron chi connectivity index (χ0n) is 22.3. The van der Waals surface area contributed by atoms with Crippen LogP contribution < -0.4 is 26.9 Å². The van der Waals surface area contributed by atoms with Gasteiger partial charge in [-0.1, -0.05) is 17.3 Å². The van der Waals surface area contributed by atoms with E-state index in [9.17, 15) is 35.9 Å². The first-order chi connectivity index (χ1) is 20.2. The van der Waals surface area contributed by atoms with E-state index in [0.29, 0.717) is 31.1 Å². The first-order valence-electron chi connectivity index (χ1n) is 12.5. The summed E-state index contributed by atoms with van der Waals surface area (Å²) in [6, 6.07) is 6.00. The molecule has 2 amide bonds. The number of carbonyl (C=O) groups excluding carboxylic acids is 2. The molecule has 3 rings (SSSR count). The molecule has 3 aromatic rings. The molecule has 0 bridgehead atoms. The summed E-state index contributed by atoms with van der Waals surface area (Å²) in [6.45, 7) is 0.363. The van der Waals surface area contributed by atoms with E-state index in [1.807, 2.05) is 0 Å². The van der Waals surface area contributed by atoms with Gasteiger partial charge in [0.25, 0.3) is 11.8 Å². The Morgan fingerprint density at radius 2 is 1.77 bits per heavy atom. The smallest absolute Gasteiger partial charge is 0.406 e. The summed E-state index contributed by atoms with van der Waals surface area (Å²) >= 11 is 0. The number of carbonyl (C=O) groups is 2. The third-order valence-corrected chi connectivity index (χ3v) is 5.55. The minimum Gasteiger partial charge on any atom is -0.406 e. The van der Waals surface area contributed by atoms with Crippen molar-refractivity contribution in [3.05, 3.63) is 83.2 Å². The quantitative estimate of drug-likeness (QED) is 0.0743. The van der Waals surface area contributed by atoms with E-state index in [2.05, 4.69) is 30.7 Å². The minimum atomic E-state index is -4.84. The lowest BCUT2D eigenvalue weighted by Gasteiger charge is -2.15. The summed E-state index contributed by atoms with van der Waals surface area (Å²) in [6.07, 6.45) is -3.83. The molecule has 0 saturated heterocycles. The summed E-state index contributed by atoms with van der Waals surface area (Å²) < 4.78 is 80.8. The second kappa shape index (κ2) is 14.3. The van der Waals surface area contributed by atoms with Crippen molar-refractivity contribution in [2.45, 2.75) is 45.0 Å². The van der Waals surface area contributed by atoms with Gasteiger partial charge in [0.15, 0.2) is 5.69 Å². The number of alkyl halides is 6. The number of hydrogen-bond donors (Lipinski definition) is 4. The normalized spacial score (nSPS) is 12.1. The number of nitrogens with two attached hydrogens (primary N) is 2. The summed E-state index contributed by atoms with van der Waals surface area (Å²) in [5, 5.41) is 13.7. The number of nitrogens with one attached hydrogen (secondary N) is 2. The molecule has 2 aromatic heterocycles. The lowest BCUT2D eigenvalue weighted by Crippen LogP contribution is -2.33. The van der Waals surface area contributed by atoms with Crippen LogP contribution in [0.5, 0.6) is 5.75 Å². The summed E-state index contributed by atoms with van der Waals surface area (Å²) in [5.41, 5.74) is 5.10. The van der Waals surface area contributed by atoms with Crippen molar-refractivity contribution in [2.75, 3.05) is 6.54 Å². The number of amides is 2. The molecule has 0 aliphatic rings. The van der Waals surface area contributed by atoms with Gasteiger partial charge >= 0.3 is 12.5 Å². The number of ether oxygens (including phenoxy) is 1. The van der Waals surface area contributed by atoms with Gasteiger partial charge in [-0.25, -0.2) is 5.84 Å². The Bertz CT molecular complexity index is 1430. The van der Waals surface area contributed by atoms with Gasteiger partial charge in [0.1, 0.15) is 11.4 Å². The Morgan fingerprint density at radius 3 is 2.49 bits per heavy atom. The second-order valence-corrected chi connectivity index (χ2v) is 9.04. The van der Waals surface area contributed by atoms with Gasteiger partial charge in [0.05, 0.1) is 11.8 Å². The predicted octanol–water partition coefficient (Wildman–Crippen LogP) is 2.59. The first-order valence-corrected chi connectivity index (χ1v) is 12.5. The van der Waals surface area contributed by atoms with Crippen LogP contribution >= 0.6 is 0 Å². The zero-order chi connectivity index (χ0) is 31.6. The molecular weight excluding hydrogens is 588 g/mol. The van der Waals surface area contributed by atoms with E-state index in [4.69, 9.17) is 11.6 Å². The highest BCUT2D eigenvalue weighted by molar-refractivity contribution is 5.92. The number of rotatable bonds is 13. The van der Waals surface area contributed by atoms with Crippen molar-refractivity contribution in [3.63, 3.8) is 0 Å². The van der Waals surface area contributed by atoms with Crippen molar-refractivity contribution in [1.82, 2.24) is 35.6 Å². The molecule has 12 nitrogen and oxygen atoms in total. The molecule has 6 N–H and O–H groups in total. The lowest BCUT2D eigenvalue weighted by molar-refractivity contribution is -0.274. The van der Waals surface area contributed by atoms with Gasteiger partial charge < -0.3 is 26.1 Å². The van der Waals surface area contributed by atoms with E-state index >= 15 is 0 Å². The number of hydrogen-bond acceptors (Lipinski definition) is 9. The van der Waals surface area contributed by atoms with Crippen molar-refractivity contribution >= 4 is 11.8 Å². The molecule has 0 saturated carbocycles. The van der Waals surface area contributed by atoms with Gasteiger partial charge in [0, 0.05) is 44.8 Å². The fraction of sp³-hybridized carbons (Fsp3) is 0.320. The topological polar surface area (TPSA) is 166 Å². The lowest BCUT2D eigenvalue weighted by atomic mass is 10.2. The predicted molar refractivity (Wildman–Crippen MR) is 138 cm³/mol. The number of hydrazine groups is 1. The maximum absolute atomic E-state index is 12.8.